The predicted molar refractivity (Wildman–Crippen MR) is 71.9 cm³/mol. The van der Waals surface area contributed by atoms with Crippen molar-refractivity contribution in [2.24, 2.45) is 11.7 Å². The largest absolute Gasteiger partial charge is 0.353 e. The third kappa shape index (κ3) is 3.71. The molecule has 1 unspecified atom stereocenters. The van der Waals surface area contributed by atoms with Gasteiger partial charge in [-0.25, -0.2) is 0 Å². The molecule has 2 aliphatic rings. The summed E-state index contributed by atoms with van der Waals surface area (Å²) in [5, 5.41) is 3.05. The van der Waals surface area contributed by atoms with E-state index in [1.54, 1.807) is 4.90 Å². The molecule has 1 saturated heterocycles. The number of piperidine rings is 1. The maximum atomic E-state index is 12.0. The van der Waals surface area contributed by atoms with Crippen LogP contribution in [0.5, 0.6) is 0 Å². The van der Waals surface area contributed by atoms with Gasteiger partial charge in [-0.3, -0.25) is 9.59 Å². The zero-order chi connectivity index (χ0) is 13.8. The number of carbonyl (C=O) groups is 2. The smallest absolute Gasteiger partial charge is 0.240 e. The van der Waals surface area contributed by atoms with Crippen LogP contribution in [0.15, 0.2) is 0 Å². The highest BCUT2D eigenvalue weighted by Crippen LogP contribution is 2.29. The third-order valence-electron chi connectivity index (χ3n) is 3.76. The van der Waals surface area contributed by atoms with Gasteiger partial charge in [0.25, 0.3) is 0 Å². The minimum Gasteiger partial charge on any atom is -0.353 e. The Labute approximate surface area is 113 Å². The summed E-state index contributed by atoms with van der Waals surface area (Å²) in [6.07, 6.45) is 9.07. The topological polar surface area (TPSA) is 75.4 Å². The van der Waals surface area contributed by atoms with Crippen molar-refractivity contribution in [3.05, 3.63) is 0 Å². The number of hydrogen-bond acceptors (Lipinski definition) is 3. The van der Waals surface area contributed by atoms with Crippen molar-refractivity contribution in [2.45, 2.75) is 44.2 Å². The van der Waals surface area contributed by atoms with Crippen LogP contribution in [-0.4, -0.2) is 41.9 Å². The fraction of sp³-hybridized carbons (Fsp3) is 0.714. The molecule has 2 fully saturated rings. The van der Waals surface area contributed by atoms with Gasteiger partial charge in [0, 0.05) is 31.5 Å². The summed E-state index contributed by atoms with van der Waals surface area (Å²) < 4.78 is 0. The van der Waals surface area contributed by atoms with Crippen molar-refractivity contribution >= 4 is 11.8 Å². The van der Waals surface area contributed by atoms with Crippen molar-refractivity contribution in [3.8, 4) is 12.3 Å². The Balaban J connectivity index is 1.74. The lowest BCUT2D eigenvalue weighted by molar-refractivity contribution is -0.133. The van der Waals surface area contributed by atoms with Gasteiger partial charge in [0.1, 0.15) is 0 Å². The third-order valence-corrected chi connectivity index (χ3v) is 3.76. The van der Waals surface area contributed by atoms with E-state index in [1.165, 1.54) is 0 Å². The van der Waals surface area contributed by atoms with E-state index in [2.05, 4.69) is 11.2 Å². The van der Waals surface area contributed by atoms with Gasteiger partial charge in [-0.1, -0.05) is 0 Å². The molecule has 1 saturated carbocycles. The molecule has 0 bridgehead atoms. The normalized spacial score (nSPS) is 21.6. The van der Waals surface area contributed by atoms with Crippen LogP contribution >= 0.6 is 0 Å². The molecule has 5 heteroatoms. The molecule has 2 rings (SSSR count). The van der Waals surface area contributed by atoms with Gasteiger partial charge in [0.05, 0.1) is 6.04 Å². The van der Waals surface area contributed by atoms with Crippen LogP contribution in [0.1, 0.15) is 32.1 Å². The number of carbonyl (C=O) groups excluding carboxylic acids is 2. The monoisotopic (exact) mass is 263 g/mol. The van der Waals surface area contributed by atoms with Gasteiger partial charge in [-0.2, -0.15) is 0 Å². The minimum absolute atomic E-state index is 0.0788. The summed E-state index contributed by atoms with van der Waals surface area (Å²) in [7, 11) is 0. The van der Waals surface area contributed by atoms with Crippen LogP contribution in [0.4, 0.5) is 0 Å². The summed E-state index contributed by atoms with van der Waals surface area (Å²) >= 11 is 0. The molecule has 3 N–H and O–H groups in total. The number of nitrogens with one attached hydrogen (secondary N) is 1. The van der Waals surface area contributed by atoms with Crippen molar-refractivity contribution < 1.29 is 9.59 Å². The molecule has 0 aromatic rings. The van der Waals surface area contributed by atoms with Crippen molar-refractivity contribution in [2.75, 3.05) is 13.1 Å². The van der Waals surface area contributed by atoms with Gasteiger partial charge >= 0.3 is 0 Å². The van der Waals surface area contributed by atoms with E-state index in [0.29, 0.717) is 13.1 Å². The van der Waals surface area contributed by atoms with Crippen molar-refractivity contribution in [1.29, 1.82) is 0 Å². The van der Waals surface area contributed by atoms with Crippen LogP contribution in [0, 0.1) is 18.3 Å². The molecule has 19 heavy (non-hydrogen) atoms. The van der Waals surface area contributed by atoms with E-state index in [-0.39, 0.29) is 30.2 Å². The first kappa shape index (κ1) is 13.9. The summed E-state index contributed by atoms with van der Waals surface area (Å²) in [4.78, 5) is 25.4. The summed E-state index contributed by atoms with van der Waals surface area (Å²) in [5.41, 5.74) is 5.72. The molecule has 0 radical (unpaired) electrons. The van der Waals surface area contributed by atoms with Crippen LogP contribution in [0.3, 0.4) is 0 Å². The number of hydrogen-bond donors (Lipinski definition) is 2. The van der Waals surface area contributed by atoms with E-state index in [9.17, 15) is 9.59 Å². The molecule has 2 amide bonds. The number of terminal acetylenes is 1. The van der Waals surface area contributed by atoms with Crippen LogP contribution in [0.25, 0.3) is 0 Å². The number of likely N-dealkylation sites (tertiary alicyclic amines) is 1. The molecule has 1 aliphatic heterocycles. The van der Waals surface area contributed by atoms with E-state index < -0.39 is 6.04 Å². The number of nitrogens with two attached hydrogens (primary N) is 1. The van der Waals surface area contributed by atoms with E-state index in [1.807, 2.05) is 0 Å². The van der Waals surface area contributed by atoms with Crippen LogP contribution < -0.4 is 11.1 Å². The minimum atomic E-state index is -0.595. The van der Waals surface area contributed by atoms with E-state index in [0.717, 1.165) is 25.7 Å². The molecule has 104 valence electrons. The molecule has 1 aliphatic carbocycles. The van der Waals surface area contributed by atoms with Gasteiger partial charge in [-0.15, -0.1) is 12.3 Å². The number of rotatable bonds is 4. The van der Waals surface area contributed by atoms with Crippen molar-refractivity contribution in [1.82, 2.24) is 10.2 Å². The SMILES string of the molecule is C#CCC(N)C(=O)N1CCC(NC(=O)C2CC2)CC1. The molecular formula is C14H21N3O2. The van der Waals surface area contributed by atoms with E-state index >= 15 is 0 Å². The van der Waals surface area contributed by atoms with Crippen molar-refractivity contribution in [3.63, 3.8) is 0 Å². The fourth-order valence-electron chi connectivity index (χ4n) is 2.36. The maximum absolute atomic E-state index is 12.0. The quantitative estimate of drug-likeness (QED) is 0.693. The second kappa shape index (κ2) is 6.07. The predicted octanol–water partition coefficient (Wildman–Crippen LogP) is -0.146. The maximum Gasteiger partial charge on any atom is 0.240 e. The summed E-state index contributed by atoms with van der Waals surface area (Å²) in [6, 6.07) is -0.399. The van der Waals surface area contributed by atoms with Crippen LogP contribution in [-0.2, 0) is 9.59 Å². The second-order valence-corrected chi connectivity index (χ2v) is 5.40. The zero-order valence-corrected chi connectivity index (χ0v) is 11.1. The molecule has 5 nitrogen and oxygen atoms in total. The number of nitrogens with zero attached hydrogens (tertiary/aromatic N) is 1. The average molecular weight is 263 g/mol. The molecule has 1 heterocycles. The molecule has 0 spiro atoms. The first-order valence-corrected chi connectivity index (χ1v) is 6.90. The highest BCUT2D eigenvalue weighted by Gasteiger charge is 2.32. The Morgan fingerprint density at radius 3 is 2.47 bits per heavy atom. The lowest BCUT2D eigenvalue weighted by Crippen LogP contribution is -2.51. The fourth-order valence-corrected chi connectivity index (χ4v) is 2.36. The van der Waals surface area contributed by atoms with Gasteiger partial charge < -0.3 is 16.0 Å². The van der Waals surface area contributed by atoms with Crippen LogP contribution in [0.2, 0.25) is 0 Å². The molecule has 1 atom stereocenters. The molecular weight excluding hydrogens is 242 g/mol. The first-order chi connectivity index (χ1) is 9.11. The highest BCUT2D eigenvalue weighted by molar-refractivity contribution is 5.82. The lowest BCUT2D eigenvalue weighted by atomic mass is 10.0. The van der Waals surface area contributed by atoms with Gasteiger partial charge in [-0.05, 0) is 25.7 Å². The Kier molecular flexibility index (Phi) is 4.43. The lowest BCUT2D eigenvalue weighted by Gasteiger charge is -2.33. The Hall–Kier alpha value is -1.54. The summed E-state index contributed by atoms with van der Waals surface area (Å²) in [6.45, 7) is 1.29. The summed E-state index contributed by atoms with van der Waals surface area (Å²) in [5.74, 6) is 2.75. The number of amides is 2. The van der Waals surface area contributed by atoms with E-state index in [4.69, 9.17) is 12.2 Å². The zero-order valence-electron chi connectivity index (χ0n) is 11.1. The first-order valence-electron chi connectivity index (χ1n) is 6.90. The molecule has 0 aromatic heterocycles. The standard InChI is InChI=1S/C14H21N3O2/c1-2-3-12(15)14(19)17-8-6-11(7-9-17)16-13(18)10-4-5-10/h1,10-12H,3-9,15H2,(H,16,18). The highest BCUT2D eigenvalue weighted by atomic mass is 16.2. The Morgan fingerprint density at radius 2 is 1.95 bits per heavy atom. The molecule has 0 aromatic carbocycles. The second-order valence-electron chi connectivity index (χ2n) is 5.40. The van der Waals surface area contributed by atoms with Gasteiger partial charge in [0.2, 0.25) is 11.8 Å². The average Bonchev–Trinajstić information content (AvgIpc) is 3.23. The van der Waals surface area contributed by atoms with Gasteiger partial charge in [0.15, 0.2) is 0 Å². The Morgan fingerprint density at radius 1 is 1.32 bits per heavy atom. The Bertz CT molecular complexity index is 390.